The van der Waals surface area contributed by atoms with Crippen molar-refractivity contribution in [2.45, 2.75) is 24.1 Å². The normalized spacial score (nSPS) is 10.4. The van der Waals surface area contributed by atoms with Crippen LogP contribution >= 0.6 is 11.8 Å². The van der Waals surface area contributed by atoms with E-state index in [-0.39, 0.29) is 5.91 Å². The van der Waals surface area contributed by atoms with Gasteiger partial charge in [-0.1, -0.05) is 13.0 Å². The van der Waals surface area contributed by atoms with Gasteiger partial charge >= 0.3 is 0 Å². The molecular formula is C22H23N3O3S. The van der Waals surface area contributed by atoms with Gasteiger partial charge in [0.15, 0.2) is 0 Å². The number of rotatable bonds is 8. The van der Waals surface area contributed by atoms with Crippen LogP contribution in [-0.2, 0) is 12.2 Å². The van der Waals surface area contributed by atoms with E-state index in [9.17, 15) is 4.79 Å². The van der Waals surface area contributed by atoms with Crippen LogP contribution in [0.15, 0.2) is 59.9 Å². The molecule has 29 heavy (non-hydrogen) atoms. The molecule has 0 fully saturated rings. The third-order valence-electron chi connectivity index (χ3n) is 4.31. The molecule has 3 aromatic rings. The second-order valence-corrected chi connectivity index (χ2v) is 7.13. The molecule has 0 aliphatic carbocycles. The van der Waals surface area contributed by atoms with Crippen molar-refractivity contribution >= 4 is 23.4 Å². The van der Waals surface area contributed by atoms with E-state index in [0.29, 0.717) is 16.3 Å². The van der Waals surface area contributed by atoms with Crippen molar-refractivity contribution in [1.82, 2.24) is 9.97 Å². The molecule has 1 N–H and O–H groups in total. The average Bonchev–Trinajstić information content (AvgIpc) is 2.77. The highest BCUT2D eigenvalue weighted by atomic mass is 32.2. The maximum absolute atomic E-state index is 12.8. The van der Waals surface area contributed by atoms with Crippen molar-refractivity contribution < 1.29 is 14.3 Å². The Hall–Kier alpha value is -3.06. The molecule has 1 amide bonds. The molecule has 0 aliphatic rings. The second kappa shape index (κ2) is 9.93. The molecule has 1 aromatic carbocycles. The summed E-state index contributed by atoms with van der Waals surface area (Å²) < 4.78 is 10.7. The highest BCUT2D eigenvalue weighted by Crippen LogP contribution is 2.31. The molecule has 2 aromatic heterocycles. The van der Waals surface area contributed by atoms with Gasteiger partial charge < -0.3 is 14.8 Å². The number of anilines is 1. The van der Waals surface area contributed by atoms with Gasteiger partial charge in [-0.3, -0.25) is 9.78 Å². The zero-order valence-electron chi connectivity index (χ0n) is 16.6. The topological polar surface area (TPSA) is 73.3 Å². The summed E-state index contributed by atoms with van der Waals surface area (Å²) in [5.41, 5.74) is 3.17. The molecule has 0 saturated heterocycles. The number of aryl methyl sites for hydroxylation is 1. The molecule has 150 valence electrons. The molecule has 2 heterocycles. The molecule has 0 aliphatic heterocycles. The van der Waals surface area contributed by atoms with E-state index < -0.39 is 0 Å². The lowest BCUT2D eigenvalue weighted by Gasteiger charge is -2.12. The van der Waals surface area contributed by atoms with Gasteiger partial charge in [-0.15, -0.1) is 11.8 Å². The van der Waals surface area contributed by atoms with Crippen LogP contribution in [0.1, 0.15) is 28.5 Å². The fourth-order valence-corrected chi connectivity index (χ4v) is 3.73. The quantitative estimate of drug-likeness (QED) is 0.548. The summed E-state index contributed by atoms with van der Waals surface area (Å²) in [4.78, 5) is 21.5. The number of nitrogens with zero attached hydrogens (tertiary/aromatic N) is 2. The largest absolute Gasteiger partial charge is 0.497 e. The first-order valence-corrected chi connectivity index (χ1v) is 10.2. The maximum Gasteiger partial charge on any atom is 0.258 e. The van der Waals surface area contributed by atoms with E-state index in [1.54, 1.807) is 44.8 Å². The third-order valence-corrected chi connectivity index (χ3v) is 5.37. The summed E-state index contributed by atoms with van der Waals surface area (Å²) in [6, 6.07) is 12.9. The van der Waals surface area contributed by atoms with Gasteiger partial charge in [0.1, 0.15) is 16.5 Å². The first-order chi connectivity index (χ1) is 14.1. The number of amides is 1. The SMILES string of the molecule is CCc1cc(NC(=O)c2cccnc2SCc2ccc(OC)cc2OC)ccn1. The zero-order valence-corrected chi connectivity index (χ0v) is 17.5. The lowest BCUT2D eigenvalue weighted by Crippen LogP contribution is -2.14. The zero-order chi connectivity index (χ0) is 20.6. The van der Waals surface area contributed by atoms with Gasteiger partial charge in [0.25, 0.3) is 5.91 Å². The van der Waals surface area contributed by atoms with Gasteiger partial charge in [-0.25, -0.2) is 4.98 Å². The Morgan fingerprint density at radius 2 is 1.93 bits per heavy atom. The Bertz CT molecular complexity index is 995. The maximum atomic E-state index is 12.8. The van der Waals surface area contributed by atoms with Crippen molar-refractivity contribution in [3.8, 4) is 11.5 Å². The summed E-state index contributed by atoms with van der Waals surface area (Å²) in [6.07, 6.45) is 4.19. The monoisotopic (exact) mass is 409 g/mol. The van der Waals surface area contributed by atoms with E-state index in [1.165, 1.54) is 11.8 Å². The molecule has 3 rings (SSSR count). The minimum Gasteiger partial charge on any atom is -0.497 e. The molecule has 0 radical (unpaired) electrons. The number of thioether (sulfide) groups is 1. The Labute approximate surface area is 174 Å². The lowest BCUT2D eigenvalue weighted by atomic mass is 10.2. The molecule has 0 bridgehead atoms. The first kappa shape index (κ1) is 20.7. The van der Waals surface area contributed by atoms with Crippen LogP contribution in [0.3, 0.4) is 0 Å². The summed E-state index contributed by atoms with van der Waals surface area (Å²) in [7, 11) is 3.25. The smallest absolute Gasteiger partial charge is 0.258 e. The van der Waals surface area contributed by atoms with Crippen LogP contribution in [-0.4, -0.2) is 30.1 Å². The standard InChI is InChI=1S/C22H23N3O3S/c1-4-16-12-17(9-11-23-16)25-21(26)19-6-5-10-24-22(19)29-14-15-7-8-18(27-2)13-20(15)28-3/h5-13H,4,14H2,1-3H3,(H,23,25,26). The summed E-state index contributed by atoms with van der Waals surface area (Å²) in [5.74, 6) is 1.88. The predicted molar refractivity (Wildman–Crippen MR) is 115 cm³/mol. The van der Waals surface area contributed by atoms with Crippen LogP contribution in [0, 0.1) is 0 Å². The van der Waals surface area contributed by atoms with Gasteiger partial charge in [-0.05, 0) is 36.8 Å². The highest BCUT2D eigenvalue weighted by Gasteiger charge is 2.15. The highest BCUT2D eigenvalue weighted by molar-refractivity contribution is 7.98. The van der Waals surface area contributed by atoms with Crippen LogP contribution in [0.5, 0.6) is 11.5 Å². The Kier molecular flexibility index (Phi) is 7.08. The number of nitrogens with one attached hydrogen (secondary N) is 1. The average molecular weight is 410 g/mol. The molecular weight excluding hydrogens is 386 g/mol. The Morgan fingerprint density at radius 1 is 1.07 bits per heavy atom. The van der Waals surface area contributed by atoms with Crippen molar-refractivity contribution in [2.75, 3.05) is 19.5 Å². The molecule has 0 spiro atoms. The third kappa shape index (κ3) is 5.26. The molecule has 7 heteroatoms. The number of hydrogen-bond donors (Lipinski definition) is 1. The Morgan fingerprint density at radius 3 is 2.69 bits per heavy atom. The number of aromatic nitrogens is 2. The van der Waals surface area contributed by atoms with Crippen molar-refractivity contribution in [1.29, 1.82) is 0 Å². The van der Waals surface area contributed by atoms with E-state index in [0.717, 1.165) is 34.9 Å². The number of methoxy groups -OCH3 is 2. The van der Waals surface area contributed by atoms with Crippen molar-refractivity contribution in [2.24, 2.45) is 0 Å². The van der Waals surface area contributed by atoms with Crippen LogP contribution in [0.4, 0.5) is 5.69 Å². The number of benzene rings is 1. The summed E-state index contributed by atoms with van der Waals surface area (Å²) in [5, 5.41) is 3.60. The van der Waals surface area contributed by atoms with Gasteiger partial charge in [0.05, 0.1) is 19.8 Å². The molecule has 0 saturated carbocycles. The molecule has 0 atom stereocenters. The van der Waals surface area contributed by atoms with Gasteiger partial charge in [0.2, 0.25) is 0 Å². The van der Waals surface area contributed by atoms with E-state index in [2.05, 4.69) is 15.3 Å². The number of hydrogen-bond acceptors (Lipinski definition) is 6. The number of ether oxygens (including phenoxy) is 2. The van der Waals surface area contributed by atoms with E-state index >= 15 is 0 Å². The van der Waals surface area contributed by atoms with E-state index in [4.69, 9.17) is 9.47 Å². The Balaban J connectivity index is 1.76. The van der Waals surface area contributed by atoms with E-state index in [1.807, 2.05) is 31.2 Å². The number of pyridine rings is 2. The fourth-order valence-electron chi connectivity index (χ4n) is 2.74. The molecule has 0 unspecified atom stereocenters. The minimum absolute atomic E-state index is 0.199. The second-order valence-electron chi connectivity index (χ2n) is 6.17. The van der Waals surface area contributed by atoms with Crippen molar-refractivity contribution in [3.05, 3.63) is 71.7 Å². The summed E-state index contributed by atoms with van der Waals surface area (Å²) in [6.45, 7) is 2.03. The van der Waals surface area contributed by atoms with Crippen LogP contribution in [0.2, 0.25) is 0 Å². The van der Waals surface area contributed by atoms with Crippen LogP contribution in [0.25, 0.3) is 0 Å². The van der Waals surface area contributed by atoms with Crippen molar-refractivity contribution in [3.63, 3.8) is 0 Å². The predicted octanol–water partition coefficient (Wildman–Crippen LogP) is 4.60. The first-order valence-electron chi connectivity index (χ1n) is 9.19. The molecule has 6 nitrogen and oxygen atoms in total. The van der Waals surface area contributed by atoms with Gasteiger partial charge in [-0.2, -0.15) is 0 Å². The lowest BCUT2D eigenvalue weighted by molar-refractivity contribution is 0.102. The number of carbonyl (C=O) groups is 1. The number of carbonyl (C=O) groups excluding carboxylic acids is 1. The minimum atomic E-state index is -0.199. The fraction of sp³-hybridized carbons (Fsp3) is 0.227. The van der Waals surface area contributed by atoms with Crippen LogP contribution < -0.4 is 14.8 Å². The van der Waals surface area contributed by atoms with Gasteiger partial charge in [0, 0.05) is 41.2 Å². The summed E-state index contributed by atoms with van der Waals surface area (Å²) >= 11 is 1.48.